The molecule has 84 valence electrons. The van der Waals surface area contributed by atoms with Gasteiger partial charge in [0.1, 0.15) is 5.82 Å². The Balaban J connectivity index is 1.92. The summed E-state index contributed by atoms with van der Waals surface area (Å²) < 4.78 is 1.09. The topological polar surface area (TPSA) is 28.7 Å². The summed E-state index contributed by atoms with van der Waals surface area (Å²) >= 11 is 9.69. The molecule has 0 amide bonds. The van der Waals surface area contributed by atoms with Crippen molar-refractivity contribution >= 4 is 27.5 Å². The number of H-pyrrole nitrogens is 1. The molecule has 0 saturated heterocycles. The first-order valence-corrected chi connectivity index (χ1v) is 6.34. The van der Waals surface area contributed by atoms with Gasteiger partial charge in [0.25, 0.3) is 0 Å². The van der Waals surface area contributed by atoms with Crippen LogP contribution >= 0.6 is 27.5 Å². The SMILES string of the molecule is ClC(Cc1ccc(Br)cc1)Cc1ncc[nH]1. The van der Waals surface area contributed by atoms with Gasteiger partial charge in [0.2, 0.25) is 0 Å². The van der Waals surface area contributed by atoms with Crippen LogP contribution in [-0.4, -0.2) is 15.3 Å². The van der Waals surface area contributed by atoms with E-state index in [1.807, 2.05) is 18.3 Å². The highest BCUT2D eigenvalue weighted by Gasteiger charge is 2.08. The number of halogens is 2. The minimum atomic E-state index is 0.0762. The molecule has 0 aliphatic carbocycles. The summed E-state index contributed by atoms with van der Waals surface area (Å²) in [5, 5.41) is 0.0762. The predicted octanol–water partition coefficient (Wildman–Crippen LogP) is 3.56. The summed E-state index contributed by atoms with van der Waals surface area (Å²) in [4.78, 5) is 7.22. The van der Waals surface area contributed by atoms with Crippen LogP contribution in [0.5, 0.6) is 0 Å². The predicted molar refractivity (Wildman–Crippen MR) is 69.8 cm³/mol. The second-order valence-corrected chi connectivity index (χ2v) is 5.20. The molecule has 2 aromatic rings. The van der Waals surface area contributed by atoms with E-state index in [0.717, 1.165) is 23.1 Å². The molecule has 0 aliphatic heterocycles. The van der Waals surface area contributed by atoms with Gasteiger partial charge >= 0.3 is 0 Å². The number of rotatable bonds is 4. The van der Waals surface area contributed by atoms with Crippen molar-refractivity contribution in [2.24, 2.45) is 0 Å². The third kappa shape index (κ3) is 3.35. The van der Waals surface area contributed by atoms with Crippen molar-refractivity contribution in [3.05, 3.63) is 52.5 Å². The third-order valence-corrected chi connectivity index (χ3v) is 3.18. The van der Waals surface area contributed by atoms with Crippen LogP contribution in [0.25, 0.3) is 0 Å². The van der Waals surface area contributed by atoms with Crippen LogP contribution in [0, 0.1) is 0 Å². The van der Waals surface area contributed by atoms with Crippen molar-refractivity contribution in [1.29, 1.82) is 0 Å². The van der Waals surface area contributed by atoms with Crippen LogP contribution in [0.4, 0.5) is 0 Å². The summed E-state index contributed by atoms with van der Waals surface area (Å²) in [7, 11) is 0. The number of benzene rings is 1. The standard InChI is InChI=1S/C12H12BrClN2/c13-10-3-1-9(2-4-10)7-11(14)8-12-15-5-6-16-12/h1-6,11H,7-8H2,(H,15,16). The Hall–Kier alpha value is -0.800. The number of aromatic amines is 1. The molecule has 1 atom stereocenters. The average Bonchev–Trinajstić information content (AvgIpc) is 2.74. The molecule has 1 aromatic carbocycles. The molecule has 1 aromatic heterocycles. The number of imidazole rings is 1. The fraction of sp³-hybridized carbons (Fsp3) is 0.250. The lowest BCUT2D eigenvalue weighted by Crippen LogP contribution is -2.08. The quantitative estimate of drug-likeness (QED) is 0.859. The van der Waals surface area contributed by atoms with Crippen molar-refractivity contribution in [3.63, 3.8) is 0 Å². The zero-order chi connectivity index (χ0) is 11.4. The molecule has 0 saturated carbocycles. The molecule has 16 heavy (non-hydrogen) atoms. The van der Waals surface area contributed by atoms with Crippen LogP contribution in [0.3, 0.4) is 0 Å². The van der Waals surface area contributed by atoms with Crippen molar-refractivity contribution < 1.29 is 0 Å². The molecule has 0 fully saturated rings. The fourth-order valence-electron chi connectivity index (χ4n) is 1.57. The number of hydrogen-bond acceptors (Lipinski definition) is 1. The Morgan fingerprint density at radius 3 is 2.62 bits per heavy atom. The Morgan fingerprint density at radius 1 is 1.25 bits per heavy atom. The largest absolute Gasteiger partial charge is 0.349 e. The van der Waals surface area contributed by atoms with E-state index in [2.05, 4.69) is 38.0 Å². The second-order valence-electron chi connectivity index (χ2n) is 3.67. The molecular formula is C12H12BrClN2. The molecular weight excluding hydrogens is 288 g/mol. The maximum Gasteiger partial charge on any atom is 0.107 e. The molecule has 0 bridgehead atoms. The first-order chi connectivity index (χ1) is 7.74. The van der Waals surface area contributed by atoms with Crippen molar-refractivity contribution in [2.45, 2.75) is 18.2 Å². The van der Waals surface area contributed by atoms with E-state index in [4.69, 9.17) is 11.6 Å². The minimum Gasteiger partial charge on any atom is -0.349 e. The lowest BCUT2D eigenvalue weighted by atomic mass is 10.1. The van der Waals surface area contributed by atoms with Crippen LogP contribution in [0.2, 0.25) is 0 Å². The van der Waals surface area contributed by atoms with Gasteiger partial charge in [-0.2, -0.15) is 0 Å². The first-order valence-electron chi connectivity index (χ1n) is 5.11. The van der Waals surface area contributed by atoms with Gasteiger partial charge in [-0.05, 0) is 24.1 Å². The van der Waals surface area contributed by atoms with Gasteiger partial charge in [0, 0.05) is 28.7 Å². The summed E-state index contributed by atoms with van der Waals surface area (Å²) in [6.07, 6.45) is 5.19. The molecule has 0 spiro atoms. The van der Waals surface area contributed by atoms with Gasteiger partial charge in [-0.15, -0.1) is 11.6 Å². The van der Waals surface area contributed by atoms with Gasteiger partial charge in [-0.1, -0.05) is 28.1 Å². The van der Waals surface area contributed by atoms with E-state index in [1.165, 1.54) is 5.56 Å². The van der Waals surface area contributed by atoms with E-state index < -0.39 is 0 Å². The maximum atomic E-state index is 6.27. The highest BCUT2D eigenvalue weighted by atomic mass is 79.9. The molecule has 1 N–H and O–H groups in total. The Morgan fingerprint density at radius 2 is 2.00 bits per heavy atom. The Labute approximate surface area is 108 Å². The second kappa shape index (κ2) is 5.51. The highest BCUT2D eigenvalue weighted by molar-refractivity contribution is 9.10. The van der Waals surface area contributed by atoms with E-state index in [9.17, 15) is 0 Å². The smallest absolute Gasteiger partial charge is 0.107 e. The van der Waals surface area contributed by atoms with Crippen LogP contribution in [0.15, 0.2) is 41.1 Å². The first kappa shape index (κ1) is 11.7. The summed E-state index contributed by atoms with van der Waals surface area (Å²) in [6, 6.07) is 8.24. The summed E-state index contributed by atoms with van der Waals surface area (Å²) in [5.74, 6) is 0.942. The molecule has 2 rings (SSSR count). The lowest BCUT2D eigenvalue weighted by Gasteiger charge is -2.07. The monoisotopic (exact) mass is 298 g/mol. The van der Waals surface area contributed by atoms with Crippen molar-refractivity contribution in [3.8, 4) is 0 Å². The van der Waals surface area contributed by atoms with Gasteiger partial charge < -0.3 is 4.98 Å². The van der Waals surface area contributed by atoms with Gasteiger partial charge in [-0.25, -0.2) is 4.98 Å². The number of alkyl halides is 1. The van der Waals surface area contributed by atoms with Gasteiger partial charge in [0.05, 0.1) is 0 Å². The van der Waals surface area contributed by atoms with Crippen LogP contribution in [0.1, 0.15) is 11.4 Å². The molecule has 0 radical (unpaired) electrons. The highest BCUT2D eigenvalue weighted by Crippen LogP contribution is 2.15. The number of aromatic nitrogens is 2. The zero-order valence-corrected chi connectivity index (χ0v) is 11.0. The van der Waals surface area contributed by atoms with Crippen LogP contribution < -0.4 is 0 Å². The van der Waals surface area contributed by atoms with E-state index in [0.29, 0.717) is 0 Å². The zero-order valence-electron chi connectivity index (χ0n) is 8.66. The molecule has 1 unspecified atom stereocenters. The summed E-state index contributed by atoms with van der Waals surface area (Å²) in [5.41, 5.74) is 1.25. The Kier molecular flexibility index (Phi) is 4.02. The van der Waals surface area contributed by atoms with Gasteiger partial charge in [0.15, 0.2) is 0 Å². The lowest BCUT2D eigenvalue weighted by molar-refractivity contribution is 0.792. The van der Waals surface area contributed by atoms with Crippen molar-refractivity contribution in [1.82, 2.24) is 9.97 Å². The number of nitrogens with zero attached hydrogens (tertiary/aromatic N) is 1. The van der Waals surface area contributed by atoms with E-state index in [1.54, 1.807) is 6.20 Å². The molecule has 0 aliphatic rings. The fourth-order valence-corrected chi connectivity index (χ4v) is 2.16. The third-order valence-electron chi connectivity index (χ3n) is 2.34. The summed E-state index contributed by atoms with van der Waals surface area (Å²) in [6.45, 7) is 0. The number of nitrogens with one attached hydrogen (secondary N) is 1. The Bertz CT molecular complexity index is 425. The molecule has 2 nitrogen and oxygen atoms in total. The normalized spacial score (nSPS) is 12.6. The van der Waals surface area contributed by atoms with Gasteiger partial charge in [-0.3, -0.25) is 0 Å². The molecule has 4 heteroatoms. The van der Waals surface area contributed by atoms with Crippen LogP contribution in [-0.2, 0) is 12.8 Å². The molecule has 1 heterocycles. The minimum absolute atomic E-state index is 0.0762. The maximum absolute atomic E-state index is 6.27. The number of hydrogen-bond donors (Lipinski definition) is 1. The van der Waals surface area contributed by atoms with Crippen molar-refractivity contribution in [2.75, 3.05) is 0 Å². The average molecular weight is 300 g/mol. The van der Waals surface area contributed by atoms with E-state index >= 15 is 0 Å². The van der Waals surface area contributed by atoms with E-state index in [-0.39, 0.29) is 5.38 Å².